The van der Waals surface area contributed by atoms with Crippen molar-refractivity contribution < 1.29 is 13.6 Å². The van der Waals surface area contributed by atoms with Gasteiger partial charge < -0.3 is 4.42 Å². The van der Waals surface area contributed by atoms with Crippen LogP contribution < -0.4 is 5.32 Å². The molecule has 0 fully saturated rings. The number of nitrogens with zero attached hydrogens (tertiary/aromatic N) is 2. The zero-order chi connectivity index (χ0) is 19.5. The van der Waals surface area contributed by atoms with Crippen LogP contribution in [-0.4, -0.2) is 15.9 Å². The number of hydrogen-bond acceptors (Lipinski definition) is 5. The molecule has 2 aromatic carbocycles. The van der Waals surface area contributed by atoms with E-state index in [9.17, 15) is 9.18 Å². The maximum absolute atomic E-state index is 13.0. The van der Waals surface area contributed by atoms with Gasteiger partial charge in [0.15, 0.2) is 23.0 Å². The maximum Gasteiger partial charge on any atom is 0.280 e. The Bertz CT molecular complexity index is 1100. The van der Waals surface area contributed by atoms with Gasteiger partial charge in [-0.05, 0) is 24.6 Å². The Morgan fingerprint density at radius 1 is 1.11 bits per heavy atom. The van der Waals surface area contributed by atoms with E-state index in [4.69, 9.17) is 4.42 Å². The van der Waals surface area contributed by atoms with Gasteiger partial charge in [-0.25, -0.2) is 14.4 Å². The zero-order valence-electron chi connectivity index (χ0n) is 15.0. The van der Waals surface area contributed by atoms with Gasteiger partial charge in [0.05, 0.1) is 0 Å². The molecule has 0 aliphatic carbocycles. The van der Waals surface area contributed by atoms with E-state index >= 15 is 0 Å². The predicted molar refractivity (Wildman–Crippen MR) is 106 cm³/mol. The van der Waals surface area contributed by atoms with Crippen LogP contribution in [0.2, 0.25) is 0 Å². The second kappa shape index (κ2) is 7.74. The van der Waals surface area contributed by atoms with Gasteiger partial charge in [0.2, 0.25) is 0 Å². The van der Waals surface area contributed by atoms with Gasteiger partial charge in [0, 0.05) is 23.1 Å². The molecular formula is C21H16FN3O2S. The summed E-state index contributed by atoms with van der Waals surface area (Å²) in [4.78, 5) is 21.9. The summed E-state index contributed by atoms with van der Waals surface area (Å²) >= 11 is 1.37. The molecule has 4 aromatic rings. The lowest BCUT2D eigenvalue weighted by atomic mass is 10.1. The van der Waals surface area contributed by atoms with Crippen molar-refractivity contribution in [2.24, 2.45) is 0 Å². The smallest absolute Gasteiger partial charge is 0.280 e. The Labute approximate surface area is 164 Å². The fraction of sp³-hybridized carbons (Fsp3) is 0.0952. The van der Waals surface area contributed by atoms with E-state index in [0.29, 0.717) is 17.3 Å². The van der Waals surface area contributed by atoms with Gasteiger partial charge >= 0.3 is 0 Å². The lowest BCUT2D eigenvalue weighted by Crippen LogP contribution is -2.13. The first-order chi connectivity index (χ1) is 13.6. The SMILES string of the molecule is Cc1ccc(-c2ocnc2C(=O)Nc2ncc(Cc3ccc(F)cc3)s2)cc1. The number of amides is 1. The van der Waals surface area contributed by atoms with E-state index in [0.717, 1.165) is 21.6 Å². The number of halogens is 1. The van der Waals surface area contributed by atoms with Crippen molar-refractivity contribution in [2.75, 3.05) is 5.32 Å². The van der Waals surface area contributed by atoms with E-state index in [1.807, 2.05) is 31.2 Å². The van der Waals surface area contributed by atoms with Crippen molar-refractivity contribution in [3.63, 3.8) is 0 Å². The first kappa shape index (κ1) is 18.1. The van der Waals surface area contributed by atoms with Gasteiger partial charge in [0.1, 0.15) is 5.82 Å². The standard InChI is InChI=1S/C21H16FN3O2S/c1-13-2-6-15(7-3-13)19-18(24-12-27-19)20(26)25-21-23-11-17(28-21)10-14-4-8-16(22)9-5-14/h2-9,11-12H,10H2,1H3,(H,23,25,26). The van der Waals surface area contributed by atoms with Crippen LogP contribution in [0, 0.1) is 12.7 Å². The monoisotopic (exact) mass is 393 g/mol. The van der Waals surface area contributed by atoms with E-state index in [-0.39, 0.29) is 17.4 Å². The summed E-state index contributed by atoms with van der Waals surface area (Å²) in [6.45, 7) is 1.99. The van der Waals surface area contributed by atoms with Crippen molar-refractivity contribution in [1.82, 2.24) is 9.97 Å². The summed E-state index contributed by atoms with van der Waals surface area (Å²) < 4.78 is 18.4. The van der Waals surface area contributed by atoms with Crippen LogP contribution in [0.5, 0.6) is 0 Å². The third-order valence-electron chi connectivity index (χ3n) is 4.16. The molecule has 5 nitrogen and oxygen atoms in total. The Balaban J connectivity index is 1.48. The van der Waals surface area contributed by atoms with Crippen LogP contribution in [0.15, 0.2) is 65.5 Å². The van der Waals surface area contributed by atoms with Gasteiger partial charge in [0.25, 0.3) is 5.91 Å². The summed E-state index contributed by atoms with van der Waals surface area (Å²) in [7, 11) is 0. The van der Waals surface area contributed by atoms with Gasteiger partial charge in [-0.15, -0.1) is 11.3 Å². The van der Waals surface area contributed by atoms with Crippen LogP contribution >= 0.6 is 11.3 Å². The first-order valence-corrected chi connectivity index (χ1v) is 9.41. The average molecular weight is 393 g/mol. The van der Waals surface area contributed by atoms with Crippen molar-refractivity contribution >= 4 is 22.4 Å². The normalized spacial score (nSPS) is 10.8. The summed E-state index contributed by atoms with van der Waals surface area (Å²) in [5.74, 6) is -0.231. The van der Waals surface area contributed by atoms with Crippen LogP contribution in [-0.2, 0) is 6.42 Å². The molecule has 0 saturated heterocycles. The molecule has 0 aliphatic rings. The number of aromatic nitrogens is 2. The highest BCUT2D eigenvalue weighted by molar-refractivity contribution is 7.15. The third kappa shape index (κ3) is 3.99. The topological polar surface area (TPSA) is 68.0 Å². The number of aryl methyl sites for hydroxylation is 1. The Morgan fingerprint density at radius 3 is 2.61 bits per heavy atom. The highest BCUT2D eigenvalue weighted by Gasteiger charge is 2.19. The maximum atomic E-state index is 13.0. The summed E-state index contributed by atoms with van der Waals surface area (Å²) in [6.07, 6.45) is 3.58. The fourth-order valence-corrected chi connectivity index (χ4v) is 3.57. The second-order valence-electron chi connectivity index (χ2n) is 6.29. The molecule has 0 saturated carbocycles. The molecule has 0 aliphatic heterocycles. The number of benzene rings is 2. The minimum atomic E-state index is -0.382. The summed E-state index contributed by atoms with van der Waals surface area (Å²) in [5.41, 5.74) is 3.08. The molecule has 2 aromatic heterocycles. The molecular weight excluding hydrogens is 377 g/mol. The number of carbonyl (C=O) groups is 1. The van der Waals surface area contributed by atoms with Gasteiger partial charge in [-0.3, -0.25) is 10.1 Å². The van der Waals surface area contributed by atoms with E-state index in [1.165, 1.54) is 29.9 Å². The van der Waals surface area contributed by atoms with Crippen molar-refractivity contribution in [3.05, 3.63) is 88.6 Å². The molecule has 0 radical (unpaired) electrons. The Morgan fingerprint density at radius 2 is 1.86 bits per heavy atom. The molecule has 1 amide bonds. The van der Waals surface area contributed by atoms with Crippen LogP contribution in [0.3, 0.4) is 0 Å². The molecule has 1 N–H and O–H groups in total. The Kier molecular flexibility index (Phi) is 4.99. The third-order valence-corrected chi connectivity index (χ3v) is 5.07. The number of hydrogen-bond donors (Lipinski definition) is 1. The number of nitrogens with one attached hydrogen (secondary N) is 1. The zero-order valence-corrected chi connectivity index (χ0v) is 15.8. The largest absolute Gasteiger partial charge is 0.443 e. The number of thiazole rings is 1. The summed E-state index contributed by atoms with van der Waals surface area (Å²) in [6, 6.07) is 14.0. The molecule has 0 bridgehead atoms. The van der Waals surface area contributed by atoms with Crippen molar-refractivity contribution in [1.29, 1.82) is 0 Å². The molecule has 0 spiro atoms. The summed E-state index contributed by atoms with van der Waals surface area (Å²) in [5, 5.41) is 3.24. The minimum Gasteiger partial charge on any atom is -0.443 e. The fourth-order valence-electron chi connectivity index (χ4n) is 2.72. The van der Waals surface area contributed by atoms with Crippen LogP contribution in [0.25, 0.3) is 11.3 Å². The molecule has 140 valence electrons. The molecule has 0 atom stereocenters. The molecule has 0 unspecified atom stereocenters. The average Bonchev–Trinajstić information content (AvgIpc) is 3.34. The number of oxazole rings is 1. The lowest BCUT2D eigenvalue weighted by Gasteiger charge is -2.02. The van der Waals surface area contributed by atoms with E-state index in [1.54, 1.807) is 18.3 Å². The number of rotatable bonds is 5. The number of anilines is 1. The molecule has 4 rings (SSSR count). The van der Waals surface area contributed by atoms with E-state index in [2.05, 4.69) is 15.3 Å². The van der Waals surface area contributed by atoms with Gasteiger partial charge in [-0.2, -0.15) is 0 Å². The van der Waals surface area contributed by atoms with Crippen molar-refractivity contribution in [3.8, 4) is 11.3 Å². The lowest BCUT2D eigenvalue weighted by molar-refractivity contribution is 0.102. The predicted octanol–water partition coefficient (Wildman–Crippen LogP) is 5.09. The molecule has 2 heterocycles. The van der Waals surface area contributed by atoms with Gasteiger partial charge in [-0.1, -0.05) is 42.0 Å². The molecule has 28 heavy (non-hydrogen) atoms. The molecule has 7 heteroatoms. The minimum absolute atomic E-state index is 0.208. The number of carbonyl (C=O) groups excluding carboxylic acids is 1. The highest BCUT2D eigenvalue weighted by Crippen LogP contribution is 2.26. The van der Waals surface area contributed by atoms with E-state index < -0.39 is 0 Å². The van der Waals surface area contributed by atoms with Crippen LogP contribution in [0.4, 0.5) is 9.52 Å². The quantitative estimate of drug-likeness (QED) is 0.513. The van der Waals surface area contributed by atoms with Crippen molar-refractivity contribution in [2.45, 2.75) is 13.3 Å². The second-order valence-corrected chi connectivity index (χ2v) is 7.40. The van der Waals surface area contributed by atoms with Crippen LogP contribution in [0.1, 0.15) is 26.5 Å². The first-order valence-electron chi connectivity index (χ1n) is 8.59. The highest BCUT2D eigenvalue weighted by atomic mass is 32.1. The Hall–Kier alpha value is -3.32.